The number of rotatable bonds is 1. The van der Waals surface area contributed by atoms with Crippen LogP contribution in [0.3, 0.4) is 0 Å². The largest absolute Gasteiger partial charge is 0.310 e. The van der Waals surface area contributed by atoms with Gasteiger partial charge in [0.2, 0.25) is 0 Å². The molecule has 1 fully saturated rings. The first-order chi connectivity index (χ1) is 6.68. The monoisotopic (exact) mass is 193 g/mol. The molecule has 14 heavy (non-hydrogen) atoms. The summed E-state index contributed by atoms with van der Waals surface area (Å²) in [6, 6.07) is 0.201. The average molecular weight is 193 g/mol. The summed E-state index contributed by atoms with van der Waals surface area (Å²) < 4.78 is 0. The predicted molar refractivity (Wildman–Crippen MR) is 54.3 cm³/mol. The van der Waals surface area contributed by atoms with Gasteiger partial charge in [-0.3, -0.25) is 4.79 Å². The molecule has 0 spiro atoms. The first kappa shape index (κ1) is 9.40. The van der Waals surface area contributed by atoms with Gasteiger partial charge in [0, 0.05) is 11.7 Å². The van der Waals surface area contributed by atoms with Crippen LogP contribution < -0.4 is 10.9 Å². The summed E-state index contributed by atoms with van der Waals surface area (Å²) >= 11 is 0. The van der Waals surface area contributed by atoms with E-state index in [1.807, 2.05) is 6.92 Å². The Morgan fingerprint density at radius 3 is 2.79 bits per heavy atom. The third-order valence-electron chi connectivity index (χ3n) is 2.67. The molecular formula is C10H15N3O. The molecule has 0 radical (unpaired) electrons. The Kier molecular flexibility index (Phi) is 2.37. The van der Waals surface area contributed by atoms with Crippen molar-refractivity contribution in [3.05, 3.63) is 27.4 Å². The van der Waals surface area contributed by atoms with Crippen molar-refractivity contribution in [2.45, 2.75) is 32.7 Å². The van der Waals surface area contributed by atoms with Crippen LogP contribution in [0.4, 0.5) is 0 Å². The lowest BCUT2D eigenvalue weighted by molar-refractivity contribution is 0.627. The smallest absolute Gasteiger partial charge is 0.255 e. The number of aromatic amines is 1. The summed E-state index contributed by atoms with van der Waals surface area (Å²) in [5, 5.41) is 3.31. The SMILES string of the molecule is Cc1nc(C)c(C2CCCN2)c(=O)[nH]1. The maximum absolute atomic E-state index is 11.7. The van der Waals surface area contributed by atoms with E-state index in [9.17, 15) is 4.79 Å². The minimum Gasteiger partial charge on any atom is -0.310 e. The van der Waals surface area contributed by atoms with Gasteiger partial charge in [0.1, 0.15) is 5.82 Å². The first-order valence-corrected chi connectivity index (χ1v) is 4.99. The summed E-state index contributed by atoms with van der Waals surface area (Å²) in [4.78, 5) is 18.7. The maximum Gasteiger partial charge on any atom is 0.255 e. The molecule has 2 heterocycles. The number of hydrogen-bond donors (Lipinski definition) is 2. The Bertz CT molecular complexity index is 391. The van der Waals surface area contributed by atoms with Crippen LogP contribution in [0.25, 0.3) is 0 Å². The predicted octanol–water partition coefficient (Wildman–Crippen LogP) is 0.811. The molecule has 1 aliphatic rings. The fourth-order valence-corrected chi connectivity index (χ4v) is 2.08. The van der Waals surface area contributed by atoms with Crippen LogP contribution in [0.1, 0.15) is 36.0 Å². The van der Waals surface area contributed by atoms with Gasteiger partial charge in [0.15, 0.2) is 0 Å². The molecule has 0 saturated carbocycles. The van der Waals surface area contributed by atoms with Gasteiger partial charge >= 0.3 is 0 Å². The molecule has 0 amide bonds. The van der Waals surface area contributed by atoms with Gasteiger partial charge < -0.3 is 10.3 Å². The van der Waals surface area contributed by atoms with E-state index in [0.717, 1.165) is 30.6 Å². The summed E-state index contributed by atoms with van der Waals surface area (Å²) in [7, 11) is 0. The van der Waals surface area contributed by atoms with E-state index in [1.165, 1.54) is 0 Å². The fourth-order valence-electron chi connectivity index (χ4n) is 2.08. The minimum absolute atomic E-state index is 0.00870. The summed E-state index contributed by atoms with van der Waals surface area (Å²) in [6.45, 7) is 4.70. The van der Waals surface area contributed by atoms with Gasteiger partial charge in [-0.25, -0.2) is 4.98 Å². The highest BCUT2D eigenvalue weighted by Crippen LogP contribution is 2.21. The number of aryl methyl sites for hydroxylation is 2. The highest BCUT2D eigenvalue weighted by Gasteiger charge is 2.21. The Hall–Kier alpha value is -1.16. The summed E-state index contributed by atoms with van der Waals surface area (Å²) in [5.41, 5.74) is 1.67. The average Bonchev–Trinajstić information content (AvgIpc) is 2.54. The van der Waals surface area contributed by atoms with E-state index in [-0.39, 0.29) is 11.6 Å². The molecule has 1 atom stereocenters. The van der Waals surface area contributed by atoms with Crippen LogP contribution in [-0.2, 0) is 0 Å². The van der Waals surface area contributed by atoms with Crippen molar-refractivity contribution >= 4 is 0 Å². The van der Waals surface area contributed by atoms with Crippen LogP contribution in [-0.4, -0.2) is 16.5 Å². The number of aromatic nitrogens is 2. The highest BCUT2D eigenvalue weighted by atomic mass is 16.1. The molecule has 0 bridgehead atoms. The van der Waals surface area contributed by atoms with Crippen molar-refractivity contribution in [3.63, 3.8) is 0 Å². The first-order valence-electron chi connectivity index (χ1n) is 4.99. The third-order valence-corrected chi connectivity index (χ3v) is 2.67. The van der Waals surface area contributed by atoms with E-state index >= 15 is 0 Å². The van der Waals surface area contributed by atoms with E-state index < -0.39 is 0 Å². The van der Waals surface area contributed by atoms with Crippen molar-refractivity contribution in [1.29, 1.82) is 0 Å². The standard InChI is InChI=1S/C10H15N3O/c1-6-9(8-4-3-5-11-8)10(14)13-7(2)12-6/h8,11H,3-5H2,1-2H3,(H,12,13,14). The van der Waals surface area contributed by atoms with Crippen LogP contribution in [0, 0.1) is 13.8 Å². The van der Waals surface area contributed by atoms with Crippen LogP contribution in [0.5, 0.6) is 0 Å². The number of nitrogens with one attached hydrogen (secondary N) is 2. The van der Waals surface area contributed by atoms with E-state index in [2.05, 4.69) is 15.3 Å². The van der Waals surface area contributed by atoms with E-state index in [4.69, 9.17) is 0 Å². The van der Waals surface area contributed by atoms with Crippen LogP contribution >= 0.6 is 0 Å². The van der Waals surface area contributed by atoms with Gasteiger partial charge in [-0.2, -0.15) is 0 Å². The summed E-state index contributed by atoms with van der Waals surface area (Å²) in [5.74, 6) is 0.689. The van der Waals surface area contributed by atoms with Crippen molar-refractivity contribution < 1.29 is 0 Å². The molecule has 2 rings (SSSR count). The fraction of sp³-hybridized carbons (Fsp3) is 0.600. The molecular weight excluding hydrogens is 178 g/mol. The maximum atomic E-state index is 11.7. The highest BCUT2D eigenvalue weighted by molar-refractivity contribution is 5.21. The molecule has 1 aromatic rings. The second kappa shape index (κ2) is 3.53. The number of hydrogen-bond acceptors (Lipinski definition) is 3. The molecule has 1 aliphatic heterocycles. The molecule has 1 aromatic heterocycles. The van der Waals surface area contributed by atoms with Gasteiger partial charge in [-0.15, -0.1) is 0 Å². The molecule has 4 nitrogen and oxygen atoms in total. The zero-order valence-corrected chi connectivity index (χ0v) is 8.55. The Morgan fingerprint density at radius 2 is 2.21 bits per heavy atom. The van der Waals surface area contributed by atoms with Gasteiger partial charge in [-0.05, 0) is 33.2 Å². The van der Waals surface area contributed by atoms with Crippen molar-refractivity contribution in [3.8, 4) is 0 Å². The molecule has 0 aliphatic carbocycles. The number of H-pyrrole nitrogens is 1. The third kappa shape index (κ3) is 1.57. The van der Waals surface area contributed by atoms with Crippen LogP contribution in [0.15, 0.2) is 4.79 Å². The van der Waals surface area contributed by atoms with Crippen molar-refractivity contribution in [2.75, 3.05) is 6.54 Å². The molecule has 2 N–H and O–H groups in total. The Morgan fingerprint density at radius 1 is 1.43 bits per heavy atom. The Labute approximate surface area is 82.8 Å². The lowest BCUT2D eigenvalue weighted by atomic mass is 10.1. The number of nitrogens with zero attached hydrogens (tertiary/aromatic N) is 1. The molecule has 1 saturated heterocycles. The van der Waals surface area contributed by atoms with Crippen molar-refractivity contribution in [1.82, 2.24) is 15.3 Å². The quantitative estimate of drug-likeness (QED) is 0.694. The van der Waals surface area contributed by atoms with E-state index in [1.54, 1.807) is 6.92 Å². The second-order valence-electron chi connectivity index (χ2n) is 3.80. The zero-order valence-electron chi connectivity index (χ0n) is 8.55. The minimum atomic E-state index is 0.00870. The van der Waals surface area contributed by atoms with E-state index in [0.29, 0.717) is 5.82 Å². The normalized spacial score (nSPS) is 21.4. The van der Waals surface area contributed by atoms with Crippen molar-refractivity contribution in [2.24, 2.45) is 0 Å². The summed E-state index contributed by atoms with van der Waals surface area (Å²) in [6.07, 6.45) is 2.17. The Balaban J connectivity index is 2.46. The molecule has 76 valence electrons. The van der Waals surface area contributed by atoms with Gasteiger partial charge in [0.25, 0.3) is 5.56 Å². The topological polar surface area (TPSA) is 57.8 Å². The lowest BCUT2D eigenvalue weighted by Gasteiger charge is -2.11. The lowest BCUT2D eigenvalue weighted by Crippen LogP contribution is -2.25. The second-order valence-corrected chi connectivity index (χ2v) is 3.80. The van der Waals surface area contributed by atoms with Gasteiger partial charge in [-0.1, -0.05) is 0 Å². The zero-order chi connectivity index (χ0) is 10.1. The van der Waals surface area contributed by atoms with Crippen LogP contribution in [0.2, 0.25) is 0 Å². The van der Waals surface area contributed by atoms with Gasteiger partial charge in [0.05, 0.1) is 5.56 Å². The molecule has 4 heteroatoms. The molecule has 1 unspecified atom stereocenters. The molecule has 0 aromatic carbocycles.